The van der Waals surface area contributed by atoms with Crippen molar-refractivity contribution in [3.05, 3.63) is 0 Å². The maximum atomic E-state index is 12.0. The van der Waals surface area contributed by atoms with Gasteiger partial charge >= 0.3 is 5.97 Å². The van der Waals surface area contributed by atoms with Crippen molar-refractivity contribution in [2.45, 2.75) is 46.7 Å². The number of hydrogen-bond acceptors (Lipinski definition) is 6. The summed E-state index contributed by atoms with van der Waals surface area (Å²) in [5.74, 6) is 0.537. The molecule has 114 valence electrons. The van der Waals surface area contributed by atoms with Crippen molar-refractivity contribution in [3.63, 3.8) is 0 Å². The van der Waals surface area contributed by atoms with Crippen LogP contribution in [0.1, 0.15) is 34.6 Å². The van der Waals surface area contributed by atoms with Gasteiger partial charge in [0.1, 0.15) is 6.04 Å². The van der Waals surface area contributed by atoms with Crippen LogP contribution in [0.2, 0.25) is 0 Å². The zero-order valence-corrected chi connectivity index (χ0v) is 12.9. The molecule has 1 aliphatic heterocycles. The van der Waals surface area contributed by atoms with Crippen molar-refractivity contribution in [3.8, 4) is 0 Å². The lowest BCUT2D eigenvalue weighted by Gasteiger charge is -2.27. The predicted molar refractivity (Wildman–Crippen MR) is 77.2 cm³/mol. The maximum Gasteiger partial charge on any atom is 0.340 e. The summed E-state index contributed by atoms with van der Waals surface area (Å²) >= 11 is 0. The first-order valence-corrected chi connectivity index (χ1v) is 7.12. The van der Waals surface area contributed by atoms with Gasteiger partial charge in [0.2, 0.25) is 17.8 Å². The number of carbonyl (C=O) groups excluding carboxylic acids is 1. The standard InChI is InChI=1S/C14H24N2O4/c1-6-18-12-10(9(4)5)15-13(19-7-2)11(16-12)14(17)20-8-3/h9-11H,6-8H2,1-5H3/t10-,11+/m1/s1. The smallest absolute Gasteiger partial charge is 0.340 e. The highest BCUT2D eigenvalue weighted by Crippen LogP contribution is 2.18. The lowest BCUT2D eigenvalue weighted by atomic mass is 10.0. The van der Waals surface area contributed by atoms with Gasteiger partial charge in [-0.15, -0.1) is 0 Å². The molecule has 0 unspecified atom stereocenters. The van der Waals surface area contributed by atoms with E-state index in [4.69, 9.17) is 14.2 Å². The van der Waals surface area contributed by atoms with Crippen LogP contribution < -0.4 is 0 Å². The minimum atomic E-state index is -0.855. The third-order valence-electron chi connectivity index (χ3n) is 2.74. The summed E-state index contributed by atoms with van der Waals surface area (Å²) in [6.07, 6.45) is 0. The number of nitrogens with zero attached hydrogens (tertiary/aromatic N) is 2. The molecule has 0 radical (unpaired) electrons. The van der Waals surface area contributed by atoms with E-state index < -0.39 is 12.0 Å². The average molecular weight is 284 g/mol. The molecular weight excluding hydrogens is 260 g/mol. The number of esters is 1. The third-order valence-corrected chi connectivity index (χ3v) is 2.74. The molecule has 1 rings (SSSR count). The molecule has 0 amide bonds. The van der Waals surface area contributed by atoms with E-state index in [0.29, 0.717) is 31.6 Å². The Kier molecular flexibility index (Phi) is 6.48. The molecule has 0 bridgehead atoms. The van der Waals surface area contributed by atoms with Gasteiger partial charge in [0.25, 0.3) is 0 Å². The molecule has 0 aromatic heterocycles. The van der Waals surface area contributed by atoms with E-state index in [9.17, 15) is 4.79 Å². The van der Waals surface area contributed by atoms with Crippen molar-refractivity contribution < 1.29 is 19.0 Å². The van der Waals surface area contributed by atoms with Gasteiger partial charge in [-0.25, -0.2) is 14.8 Å². The van der Waals surface area contributed by atoms with E-state index in [0.717, 1.165) is 0 Å². The minimum Gasteiger partial charge on any atom is -0.480 e. The molecule has 2 atom stereocenters. The summed E-state index contributed by atoms with van der Waals surface area (Å²) in [7, 11) is 0. The minimum absolute atomic E-state index is 0.207. The summed E-state index contributed by atoms with van der Waals surface area (Å²) in [6.45, 7) is 10.7. The molecule has 0 N–H and O–H groups in total. The van der Waals surface area contributed by atoms with E-state index in [1.54, 1.807) is 6.92 Å². The first kappa shape index (κ1) is 16.5. The Balaban J connectivity index is 3.05. The first-order valence-electron chi connectivity index (χ1n) is 7.12. The van der Waals surface area contributed by atoms with Gasteiger partial charge < -0.3 is 14.2 Å². The van der Waals surface area contributed by atoms with Crippen LogP contribution >= 0.6 is 0 Å². The summed E-state index contributed by atoms with van der Waals surface area (Å²) in [6, 6.07) is -1.08. The monoisotopic (exact) mass is 284 g/mol. The molecule has 0 saturated carbocycles. The Morgan fingerprint density at radius 2 is 1.65 bits per heavy atom. The van der Waals surface area contributed by atoms with Gasteiger partial charge in [-0.05, 0) is 26.7 Å². The molecule has 0 aliphatic carbocycles. The van der Waals surface area contributed by atoms with Crippen LogP contribution in [0.25, 0.3) is 0 Å². The topological polar surface area (TPSA) is 69.5 Å². The quantitative estimate of drug-likeness (QED) is 0.722. The molecular formula is C14H24N2O4. The second-order valence-electron chi connectivity index (χ2n) is 4.64. The molecule has 1 heterocycles. The lowest BCUT2D eigenvalue weighted by molar-refractivity contribution is -0.143. The van der Waals surface area contributed by atoms with Crippen molar-refractivity contribution in [2.24, 2.45) is 15.9 Å². The zero-order valence-electron chi connectivity index (χ0n) is 12.9. The molecule has 6 heteroatoms. The Hall–Kier alpha value is -1.59. The average Bonchev–Trinajstić information content (AvgIpc) is 2.40. The number of carbonyl (C=O) groups is 1. The summed E-state index contributed by atoms with van der Waals surface area (Å²) in [5, 5.41) is 0. The zero-order chi connectivity index (χ0) is 15.1. The predicted octanol–water partition coefficient (Wildman–Crippen LogP) is 1.83. The summed E-state index contributed by atoms with van der Waals surface area (Å²) in [4.78, 5) is 20.8. The van der Waals surface area contributed by atoms with Crippen LogP contribution in [-0.2, 0) is 19.0 Å². The van der Waals surface area contributed by atoms with Gasteiger partial charge in [-0.1, -0.05) is 13.8 Å². The van der Waals surface area contributed by atoms with Crippen LogP contribution in [-0.4, -0.2) is 49.7 Å². The second kappa shape index (κ2) is 7.87. The first-order chi connectivity index (χ1) is 9.54. The van der Waals surface area contributed by atoms with Crippen LogP contribution in [0.15, 0.2) is 9.98 Å². The van der Waals surface area contributed by atoms with Crippen LogP contribution in [0.4, 0.5) is 0 Å². The highest BCUT2D eigenvalue weighted by molar-refractivity contribution is 6.07. The summed E-state index contributed by atoms with van der Waals surface area (Å²) in [5.41, 5.74) is 0. The molecule has 0 aromatic rings. The normalized spacial score (nSPS) is 22.1. The fourth-order valence-corrected chi connectivity index (χ4v) is 1.87. The van der Waals surface area contributed by atoms with Crippen molar-refractivity contribution in [2.75, 3.05) is 19.8 Å². The van der Waals surface area contributed by atoms with Gasteiger partial charge in [-0.2, -0.15) is 0 Å². The van der Waals surface area contributed by atoms with Crippen LogP contribution in [0.5, 0.6) is 0 Å². The van der Waals surface area contributed by atoms with E-state index in [2.05, 4.69) is 9.98 Å². The van der Waals surface area contributed by atoms with E-state index in [-0.39, 0.29) is 12.0 Å². The SMILES string of the molecule is CCOC(=O)[C@H]1N=C(OCC)[C@@H](C(C)C)N=C1OCC. The van der Waals surface area contributed by atoms with Gasteiger partial charge in [0, 0.05) is 0 Å². The number of rotatable bonds is 5. The number of hydrogen-bond donors (Lipinski definition) is 0. The maximum absolute atomic E-state index is 12.0. The fraction of sp³-hybridized carbons (Fsp3) is 0.786. The van der Waals surface area contributed by atoms with E-state index >= 15 is 0 Å². The number of aliphatic imine (C=N–C) groups is 2. The largest absolute Gasteiger partial charge is 0.480 e. The Morgan fingerprint density at radius 1 is 1.05 bits per heavy atom. The van der Waals surface area contributed by atoms with Gasteiger partial charge in [0.05, 0.1) is 19.8 Å². The van der Waals surface area contributed by atoms with Gasteiger partial charge in [-0.3, -0.25) is 0 Å². The number of ether oxygens (including phenoxy) is 3. The highest BCUT2D eigenvalue weighted by Gasteiger charge is 2.36. The van der Waals surface area contributed by atoms with Crippen molar-refractivity contribution in [1.29, 1.82) is 0 Å². The molecule has 0 spiro atoms. The van der Waals surface area contributed by atoms with Gasteiger partial charge in [0.15, 0.2) is 0 Å². The molecule has 0 fully saturated rings. The Morgan fingerprint density at radius 3 is 2.15 bits per heavy atom. The molecule has 1 aliphatic rings. The van der Waals surface area contributed by atoms with Crippen LogP contribution in [0, 0.1) is 5.92 Å². The fourth-order valence-electron chi connectivity index (χ4n) is 1.87. The Bertz CT molecular complexity index is 391. The highest BCUT2D eigenvalue weighted by atomic mass is 16.5. The summed E-state index contributed by atoms with van der Waals surface area (Å²) < 4.78 is 16.0. The molecule has 20 heavy (non-hydrogen) atoms. The van der Waals surface area contributed by atoms with E-state index in [1.807, 2.05) is 27.7 Å². The second-order valence-corrected chi connectivity index (χ2v) is 4.64. The van der Waals surface area contributed by atoms with Crippen molar-refractivity contribution >= 4 is 17.8 Å². The van der Waals surface area contributed by atoms with Crippen molar-refractivity contribution in [1.82, 2.24) is 0 Å². The molecule has 0 saturated heterocycles. The van der Waals surface area contributed by atoms with Crippen LogP contribution in [0.3, 0.4) is 0 Å². The molecule has 0 aromatic carbocycles. The molecule has 6 nitrogen and oxygen atoms in total. The Labute approximate surface area is 120 Å². The lowest BCUT2D eigenvalue weighted by Crippen LogP contribution is -2.42. The van der Waals surface area contributed by atoms with E-state index in [1.165, 1.54) is 0 Å². The third kappa shape index (κ3) is 3.95.